The van der Waals surface area contributed by atoms with Crippen LogP contribution in [-0.2, 0) is 16.0 Å². The summed E-state index contributed by atoms with van der Waals surface area (Å²) in [5.74, 6) is 1.91. The Hall–Kier alpha value is -2.53. The van der Waals surface area contributed by atoms with Gasteiger partial charge < -0.3 is 19.5 Å². The summed E-state index contributed by atoms with van der Waals surface area (Å²) in [6.07, 6.45) is 12.3. The fraction of sp³-hybridized carbons (Fsp3) is 0.500. The van der Waals surface area contributed by atoms with Crippen LogP contribution in [0.3, 0.4) is 0 Å². The van der Waals surface area contributed by atoms with Crippen LogP contribution < -0.4 is 14.8 Å². The van der Waals surface area contributed by atoms with Crippen LogP contribution in [0.15, 0.2) is 54.3 Å². The van der Waals surface area contributed by atoms with E-state index < -0.39 is 0 Å². The van der Waals surface area contributed by atoms with E-state index >= 15 is 0 Å². The number of hydrogen-bond acceptors (Lipinski definition) is 5. The first kappa shape index (κ1) is 23.1. The van der Waals surface area contributed by atoms with E-state index in [1.54, 1.807) is 0 Å². The maximum absolute atomic E-state index is 12.3. The topological polar surface area (TPSA) is 56.8 Å². The smallest absolute Gasteiger partial charge is 0.162 e. The van der Waals surface area contributed by atoms with Gasteiger partial charge in [0, 0.05) is 30.8 Å². The highest BCUT2D eigenvalue weighted by Crippen LogP contribution is 2.30. The number of allylic oxidation sites excluding steroid dienone is 3. The summed E-state index contributed by atoms with van der Waals surface area (Å²) in [6, 6.07) is 6.13. The predicted molar refractivity (Wildman–Crippen MR) is 124 cm³/mol. The zero-order chi connectivity index (χ0) is 21.9. The Morgan fingerprint density at radius 2 is 1.97 bits per heavy atom. The van der Waals surface area contributed by atoms with Gasteiger partial charge in [0.05, 0.1) is 6.10 Å². The number of hydrogen-bond donors (Lipinski definition) is 1. The number of ether oxygens (including phenoxy) is 3. The van der Waals surface area contributed by atoms with Crippen molar-refractivity contribution in [3.63, 3.8) is 0 Å². The molecule has 1 unspecified atom stereocenters. The number of carbonyl (C=O) groups is 1. The summed E-state index contributed by atoms with van der Waals surface area (Å²) in [5, 5.41) is 3.41. The summed E-state index contributed by atoms with van der Waals surface area (Å²) < 4.78 is 16.8. The molecule has 0 aromatic heterocycles. The van der Waals surface area contributed by atoms with Crippen molar-refractivity contribution in [2.75, 3.05) is 26.4 Å². The van der Waals surface area contributed by atoms with Crippen molar-refractivity contribution in [2.45, 2.75) is 58.0 Å². The van der Waals surface area contributed by atoms with Crippen LogP contribution in [0, 0.1) is 0 Å². The molecule has 0 saturated carbocycles. The van der Waals surface area contributed by atoms with Gasteiger partial charge in [0.25, 0.3) is 0 Å². The molecule has 31 heavy (non-hydrogen) atoms. The molecule has 1 aliphatic heterocycles. The van der Waals surface area contributed by atoms with Crippen molar-refractivity contribution in [1.29, 1.82) is 0 Å². The zero-order valence-electron chi connectivity index (χ0n) is 18.7. The van der Waals surface area contributed by atoms with E-state index in [-0.39, 0.29) is 11.9 Å². The van der Waals surface area contributed by atoms with E-state index in [2.05, 4.69) is 24.0 Å². The molecule has 0 radical (unpaired) electrons. The Morgan fingerprint density at radius 1 is 1.16 bits per heavy atom. The number of Topliss-reactive ketones (excluding diaryl/α,β-unsaturated/α-hetero) is 1. The van der Waals surface area contributed by atoms with Crippen molar-refractivity contribution in [3.8, 4) is 11.5 Å². The van der Waals surface area contributed by atoms with E-state index in [0.717, 1.165) is 67.8 Å². The minimum Gasteiger partial charge on any atom is -0.486 e. The van der Waals surface area contributed by atoms with Gasteiger partial charge in [0.2, 0.25) is 0 Å². The fourth-order valence-electron chi connectivity index (χ4n) is 3.81. The van der Waals surface area contributed by atoms with Gasteiger partial charge in [0.15, 0.2) is 17.3 Å². The SMILES string of the molecule is C=C(CCCCCC(=O)C1=CCC(OCC)C=C1)NCCc1ccc2c(c1)OCCO2. The molecule has 1 heterocycles. The molecule has 1 aromatic carbocycles. The third-order valence-electron chi connectivity index (χ3n) is 5.54. The van der Waals surface area contributed by atoms with E-state index in [0.29, 0.717) is 26.2 Å². The van der Waals surface area contributed by atoms with E-state index in [1.807, 2.05) is 31.2 Å². The number of benzene rings is 1. The lowest BCUT2D eigenvalue weighted by Gasteiger charge is -2.19. The van der Waals surface area contributed by atoms with Gasteiger partial charge in [0.1, 0.15) is 13.2 Å². The van der Waals surface area contributed by atoms with Crippen LogP contribution in [0.1, 0.15) is 51.0 Å². The Balaban J connectivity index is 1.24. The number of rotatable bonds is 13. The number of unbranched alkanes of at least 4 members (excludes halogenated alkanes) is 2. The molecule has 1 aliphatic carbocycles. The predicted octanol–water partition coefficient (Wildman–Crippen LogP) is 4.91. The van der Waals surface area contributed by atoms with Crippen molar-refractivity contribution in [1.82, 2.24) is 5.32 Å². The number of nitrogens with one attached hydrogen (secondary N) is 1. The second-order valence-electron chi connectivity index (χ2n) is 7.99. The lowest BCUT2D eigenvalue weighted by molar-refractivity contribution is -0.115. The van der Waals surface area contributed by atoms with Crippen molar-refractivity contribution in [2.24, 2.45) is 0 Å². The van der Waals surface area contributed by atoms with Crippen molar-refractivity contribution >= 4 is 5.78 Å². The standard InChI is InChI=1S/C26H35NO4/c1-3-29-23-12-10-22(11-13-23)24(28)8-6-4-5-7-20(2)27-16-15-21-9-14-25-26(19-21)31-18-17-30-25/h9-12,14,19,23,27H,2-8,13,15-18H2,1H3. The van der Waals surface area contributed by atoms with Gasteiger partial charge in [-0.25, -0.2) is 0 Å². The molecule has 1 aromatic rings. The van der Waals surface area contributed by atoms with Gasteiger partial charge >= 0.3 is 0 Å². The summed E-state index contributed by atoms with van der Waals surface area (Å²) in [6.45, 7) is 8.89. The molecule has 168 valence electrons. The van der Waals surface area contributed by atoms with Crippen molar-refractivity contribution in [3.05, 3.63) is 59.8 Å². The normalized spacial score (nSPS) is 17.2. The second kappa shape index (κ2) is 12.4. The van der Waals surface area contributed by atoms with Gasteiger partial charge in [-0.3, -0.25) is 4.79 Å². The molecule has 5 heteroatoms. The van der Waals surface area contributed by atoms with Crippen LogP contribution in [0.4, 0.5) is 0 Å². The van der Waals surface area contributed by atoms with Crippen LogP contribution >= 0.6 is 0 Å². The Bertz CT molecular complexity index is 812. The second-order valence-corrected chi connectivity index (χ2v) is 7.99. The first-order valence-corrected chi connectivity index (χ1v) is 11.5. The fourth-order valence-corrected chi connectivity index (χ4v) is 3.81. The Labute approximate surface area is 186 Å². The van der Waals surface area contributed by atoms with Crippen LogP contribution in [-0.4, -0.2) is 38.3 Å². The Kier molecular flexibility index (Phi) is 9.22. The van der Waals surface area contributed by atoms with Gasteiger partial charge in [-0.2, -0.15) is 0 Å². The average Bonchev–Trinajstić information content (AvgIpc) is 2.79. The molecule has 0 amide bonds. The highest BCUT2D eigenvalue weighted by Gasteiger charge is 2.13. The molecule has 2 aliphatic rings. The molecule has 1 N–H and O–H groups in total. The molecule has 5 nitrogen and oxygen atoms in total. The third-order valence-corrected chi connectivity index (χ3v) is 5.54. The molecule has 0 saturated heterocycles. The summed E-state index contributed by atoms with van der Waals surface area (Å²) in [7, 11) is 0. The first-order valence-electron chi connectivity index (χ1n) is 11.5. The number of fused-ring (bicyclic) bond motifs is 1. The number of carbonyl (C=O) groups excluding carboxylic acids is 1. The van der Waals surface area contributed by atoms with Gasteiger partial charge in [-0.1, -0.05) is 37.3 Å². The molecule has 0 spiro atoms. The van der Waals surface area contributed by atoms with Crippen LogP contribution in [0.5, 0.6) is 11.5 Å². The van der Waals surface area contributed by atoms with Crippen molar-refractivity contribution < 1.29 is 19.0 Å². The van der Waals surface area contributed by atoms with Gasteiger partial charge in [-0.05, 0) is 56.7 Å². The summed E-state index contributed by atoms with van der Waals surface area (Å²) >= 11 is 0. The maximum Gasteiger partial charge on any atom is 0.162 e. The quantitative estimate of drug-likeness (QED) is 0.455. The first-order chi connectivity index (χ1) is 15.2. The molecule has 3 rings (SSSR count). The summed E-state index contributed by atoms with van der Waals surface area (Å²) in [5.41, 5.74) is 3.12. The van der Waals surface area contributed by atoms with Gasteiger partial charge in [-0.15, -0.1) is 0 Å². The Morgan fingerprint density at radius 3 is 2.74 bits per heavy atom. The lowest BCUT2D eigenvalue weighted by Crippen LogP contribution is -2.17. The molecule has 0 bridgehead atoms. The average molecular weight is 426 g/mol. The molecular weight excluding hydrogens is 390 g/mol. The van der Waals surface area contributed by atoms with Crippen LogP contribution in [0.2, 0.25) is 0 Å². The number of ketones is 1. The molecule has 1 atom stereocenters. The van der Waals surface area contributed by atoms with E-state index in [4.69, 9.17) is 14.2 Å². The van der Waals surface area contributed by atoms with E-state index in [1.165, 1.54) is 5.56 Å². The third kappa shape index (κ3) is 7.59. The zero-order valence-corrected chi connectivity index (χ0v) is 18.7. The monoisotopic (exact) mass is 425 g/mol. The molecular formula is C26H35NO4. The highest BCUT2D eigenvalue weighted by molar-refractivity contribution is 5.98. The summed E-state index contributed by atoms with van der Waals surface area (Å²) in [4.78, 5) is 12.3. The lowest BCUT2D eigenvalue weighted by atomic mass is 9.98. The highest BCUT2D eigenvalue weighted by atomic mass is 16.6. The molecule has 0 fully saturated rings. The minimum absolute atomic E-state index is 0.120. The maximum atomic E-state index is 12.3. The largest absolute Gasteiger partial charge is 0.486 e. The van der Waals surface area contributed by atoms with Crippen LogP contribution in [0.25, 0.3) is 0 Å². The minimum atomic E-state index is 0.120. The van der Waals surface area contributed by atoms with E-state index in [9.17, 15) is 4.79 Å².